The van der Waals surface area contributed by atoms with Crippen LogP contribution in [-0.2, 0) is 6.42 Å². The SMILES string of the molecule is CCc1ccc(NCCO)c(C)c1. The maximum absolute atomic E-state index is 8.66. The van der Waals surface area contributed by atoms with Crippen LogP contribution in [0.3, 0.4) is 0 Å². The fourth-order valence-corrected chi connectivity index (χ4v) is 1.33. The number of hydrogen-bond donors (Lipinski definition) is 2. The Morgan fingerprint density at radius 1 is 1.38 bits per heavy atom. The highest BCUT2D eigenvalue weighted by molar-refractivity contribution is 5.52. The molecule has 0 spiro atoms. The smallest absolute Gasteiger partial charge is 0.0604 e. The second kappa shape index (κ2) is 4.87. The van der Waals surface area contributed by atoms with Crippen LogP contribution in [0.5, 0.6) is 0 Å². The first kappa shape index (κ1) is 10.1. The number of nitrogens with one attached hydrogen (secondary N) is 1. The highest BCUT2D eigenvalue weighted by Gasteiger charge is 1.97. The summed E-state index contributed by atoms with van der Waals surface area (Å²) in [6.07, 6.45) is 1.07. The summed E-state index contributed by atoms with van der Waals surface area (Å²) >= 11 is 0. The van der Waals surface area contributed by atoms with E-state index in [2.05, 4.69) is 37.4 Å². The van der Waals surface area contributed by atoms with Gasteiger partial charge in [-0.05, 0) is 30.5 Å². The normalized spacial score (nSPS) is 10.1. The van der Waals surface area contributed by atoms with Crippen LogP contribution in [0.25, 0.3) is 0 Å². The second-order valence-electron chi connectivity index (χ2n) is 3.15. The van der Waals surface area contributed by atoms with Crippen molar-refractivity contribution < 1.29 is 5.11 Å². The number of anilines is 1. The monoisotopic (exact) mass is 179 g/mol. The van der Waals surface area contributed by atoms with Crippen LogP contribution in [0.1, 0.15) is 18.1 Å². The third kappa shape index (κ3) is 2.74. The number of rotatable bonds is 4. The van der Waals surface area contributed by atoms with E-state index in [1.54, 1.807) is 0 Å². The Kier molecular flexibility index (Phi) is 3.77. The predicted molar refractivity (Wildman–Crippen MR) is 56.1 cm³/mol. The average molecular weight is 179 g/mol. The predicted octanol–water partition coefficient (Wildman–Crippen LogP) is 1.96. The lowest BCUT2D eigenvalue weighted by Gasteiger charge is -2.09. The fourth-order valence-electron chi connectivity index (χ4n) is 1.33. The molecule has 1 rings (SSSR count). The molecule has 0 atom stereocenters. The molecular formula is C11H17NO. The second-order valence-corrected chi connectivity index (χ2v) is 3.15. The molecule has 2 nitrogen and oxygen atoms in total. The van der Waals surface area contributed by atoms with Crippen molar-refractivity contribution in [2.45, 2.75) is 20.3 Å². The molecule has 0 aromatic heterocycles. The van der Waals surface area contributed by atoms with Gasteiger partial charge < -0.3 is 10.4 Å². The maximum atomic E-state index is 8.66. The van der Waals surface area contributed by atoms with E-state index in [-0.39, 0.29) is 6.61 Å². The highest BCUT2D eigenvalue weighted by Crippen LogP contribution is 2.16. The van der Waals surface area contributed by atoms with Crippen LogP contribution in [0.15, 0.2) is 18.2 Å². The van der Waals surface area contributed by atoms with Gasteiger partial charge in [0.25, 0.3) is 0 Å². The average Bonchev–Trinajstić information content (AvgIpc) is 2.16. The van der Waals surface area contributed by atoms with Crippen LogP contribution < -0.4 is 5.32 Å². The van der Waals surface area contributed by atoms with E-state index in [9.17, 15) is 0 Å². The molecule has 0 radical (unpaired) electrons. The molecule has 0 unspecified atom stereocenters. The minimum absolute atomic E-state index is 0.176. The van der Waals surface area contributed by atoms with Crippen molar-refractivity contribution in [3.05, 3.63) is 29.3 Å². The third-order valence-electron chi connectivity index (χ3n) is 2.13. The molecule has 0 aliphatic carbocycles. The molecule has 0 aliphatic rings. The van der Waals surface area contributed by atoms with Gasteiger partial charge in [0.05, 0.1) is 6.61 Å². The molecular weight excluding hydrogens is 162 g/mol. The van der Waals surface area contributed by atoms with Gasteiger partial charge in [-0.3, -0.25) is 0 Å². The Morgan fingerprint density at radius 3 is 2.69 bits per heavy atom. The fraction of sp³-hybridized carbons (Fsp3) is 0.455. The van der Waals surface area contributed by atoms with E-state index >= 15 is 0 Å². The molecule has 0 saturated heterocycles. The lowest BCUT2D eigenvalue weighted by molar-refractivity contribution is 0.311. The molecule has 1 aromatic rings. The third-order valence-corrected chi connectivity index (χ3v) is 2.13. The van der Waals surface area contributed by atoms with Gasteiger partial charge in [-0.2, -0.15) is 0 Å². The number of hydrogen-bond acceptors (Lipinski definition) is 2. The van der Waals surface area contributed by atoms with Gasteiger partial charge in [0.2, 0.25) is 0 Å². The minimum atomic E-state index is 0.176. The number of aliphatic hydroxyl groups is 1. The van der Waals surface area contributed by atoms with Crippen LogP contribution in [-0.4, -0.2) is 18.3 Å². The van der Waals surface area contributed by atoms with E-state index in [0.717, 1.165) is 12.1 Å². The summed E-state index contributed by atoms with van der Waals surface area (Å²) in [7, 11) is 0. The van der Waals surface area contributed by atoms with Crippen molar-refractivity contribution in [2.24, 2.45) is 0 Å². The first-order chi connectivity index (χ1) is 6.27. The summed E-state index contributed by atoms with van der Waals surface area (Å²) in [5.74, 6) is 0. The number of benzene rings is 1. The van der Waals surface area contributed by atoms with E-state index < -0.39 is 0 Å². The van der Waals surface area contributed by atoms with Crippen molar-refractivity contribution in [2.75, 3.05) is 18.5 Å². The largest absolute Gasteiger partial charge is 0.395 e. The quantitative estimate of drug-likeness (QED) is 0.740. The lowest BCUT2D eigenvalue weighted by atomic mass is 10.1. The zero-order valence-electron chi connectivity index (χ0n) is 8.30. The molecule has 1 aromatic carbocycles. The Morgan fingerprint density at radius 2 is 2.15 bits per heavy atom. The van der Waals surface area contributed by atoms with Gasteiger partial charge in [0.15, 0.2) is 0 Å². The van der Waals surface area contributed by atoms with E-state index in [4.69, 9.17) is 5.11 Å². The molecule has 0 bridgehead atoms. The van der Waals surface area contributed by atoms with E-state index in [1.807, 2.05) is 0 Å². The van der Waals surface area contributed by atoms with Gasteiger partial charge in [0.1, 0.15) is 0 Å². The summed E-state index contributed by atoms with van der Waals surface area (Å²) in [5.41, 5.74) is 3.71. The highest BCUT2D eigenvalue weighted by atomic mass is 16.3. The molecule has 2 heteroatoms. The number of aryl methyl sites for hydroxylation is 2. The van der Waals surface area contributed by atoms with Crippen molar-refractivity contribution in [3.63, 3.8) is 0 Å². The Bertz CT molecular complexity index is 271. The summed E-state index contributed by atoms with van der Waals surface area (Å²) in [6.45, 7) is 5.02. The zero-order valence-corrected chi connectivity index (χ0v) is 8.30. The van der Waals surface area contributed by atoms with Gasteiger partial charge >= 0.3 is 0 Å². The number of aliphatic hydroxyl groups excluding tert-OH is 1. The van der Waals surface area contributed by atoms with Crippen LogP contribution in [0.2, 0.25) is 0 Å². The van der Waals surface area contributed by atoms with Crippen LogP contribution >= 0.6 is 0 Å². The van der Waals surface area contributed by atoms with Crippen molar-refractivity contribution in [1.82, 2.24) is 0 Å². The minimum Gasteiger partial charge on any atom is -0.395 e. The molecule has 0 aliphatic heterocycles. The molecule has 0 saturated carbocycles. The summed E-state index contributed by atoms with van der Waals surface area (Å²) in [6, 6.07) is 6.37. The first-order valence-corrected chi connectivity index (χ1v) is 4.72. The van der Waals surface area contributed by atoms with Gasteiger partial charge in [-0.1, -0.05) is 19.1 Å². The Labute approximate surface area is 79.6 Å². The standard InChI is InChI=1S/C11H17NO/c1-3-10-4-5-11(9(2)8-10)12-6-7-13/h4-5,8,12-13H,3,6-7H2,1-2H3. The summed E-state index contributed by atoms with van der Waals surface area (Å²) in [5, 5.41) is 11.8. The maximum Gasteiger partial charge on any atom is 0.0604 e. The molecule has 13 heavy (non-hydrogen) atoms. The zero-order chi connectivity index (χ0) is 9.68. The molecule has 2 N–H and O–H groups in total. The van der Waals surface area contributed by atoms with Gasteiger partial charge in [-0.15, -0.1) is 0 Å². The molecule has 0 heterocycles. The van der Waals surface area contributed by atoms with Crippen molar-refractivity contribution in [3.8, 4) is 0 Å². The lowest BCUT2D eigenvalue weighted by Crippen LogP contribution is -2.06. The van der Waals surface area contributed by atoms with Gasteiger partial charge in [0, 0.05) is 12.2 Å². The van der Waals surface area contributed by atoms with E-state index in [0.29, 0.717) is 6.54 Å². The van der Waals surface area contributed by atoms with Crippen LogP contribution in [0.4, 0.5) is 5.69 Å². The first-order valence-electron chi connectivity index (χ1n) is 4.72. The van der Waals surface area contributed by atoms with Crippen molar-refractivity contribution >= 4 is 5.69 Å². The van der Waals surface area contributed by atoms with Crippen LogP contribution in [0, 0.1) is 6.92 Å². The molecule has 72 valence electrons. The Balaban J connectivity index is 2.73. The topological polar surface area (TPSA) is 32.3 Å². The Hall–Kier alpha value is -1.02. The molecule has 0 fully saturated rings. The van der Waals surface area contributed by atoms with Crippen molar-refractivity contribution in [1.29, 1.82) is 0 Å². The molecule has 0 amide bonds. The summed E-state index contributed by atoms with van der Waals surface area (Å²) < 4.78 is 0. The van der Waals surface area contributed by atoms with E-state index in [1.165, 1.54) is 11.1 Å². The van der Waals surface area contributed by atoms with Gasteiger partial charge in [-0.25, -0.2) is 0 Å². The summed E-state index contributed by atoms with van der Waals surface area (Å²) in [4.78, 5) is 0.